The highest BCUT2D eigenvalue weighted by molar-refractivity contribution is 5.82. The molecule has 1 N–H and O–H groups in total. The third-order valence-corrected chi connectivity index (χ3v) is 2.92. The van der Waals surface area contributed by atoms with E-state index in [1.807, 2.05) is 20.8 Å². The van der Waals surface area contributed by atoms with Crippen molar-refractivity contribution in [3.63, 3.8) is 0 Å². The maximum atomic E-state index is 11.7. The molecule has 0 atom stereocenters. The molecule has 0 bridgehead atoms. The topological polar surface area (TPSA) is 64.6 Å². The van der Waals surface area contributed by atoms with Crippen molar-refractivity contribution in [3.8, 4) is 0 Å². The number of Topliss-reactive ketones (excluding diaryl/α,β-unsaturated/α-hetero) is 1. The maximum absolute atomic E-state index is 11.7. The summed E-state index contributed by atoms with van der Waals surface area (Å²) in [6, 6.07) is 0. The van der Waals surface area contributed by atoms with Crippen LogP contribution in [0.4, 0.5) is 4.79 Å². The van der Waals surface area contributed by atoms with Gasteiger partial charge in [0, 0.05) is 13.5 Å². The van der Waals surface area contributed by atoms with Crippen LogP contribution in [0.1, 0.15) is 46.5 Å². The predicted octanol–water partition coefficient (Wildman–Crippen LogP) is 2.04. The Hall–Kier alpha value is -1.10. The first-order valence-corrected chi connectivity index (χ1v) is 6.28. The van der Waals surface area contributed by atoms with E-state index in [4.69, 9.17) is 9.47 Å². The fraction of sp³-hybridized carbons (Fsp3) is 0.846. The molecule has 0 radical (unpaired) electrons. The van der Waals surface area contributed by atoms with Crippen molar-refractivity contribution in [1.82, 2.24) is 5.32 Å². The Morgan fingerprint density at radius 1 is 1.28 bits per heavy atom. The van der Waals surface area contributed by atoms with Crippen molar-refractivity contribution in [3.05, 3.63) is 0 Å². The van der Waals surface area contributed by atoms with Crippen molar-refractivity contribution in [1.29, 1.82) is 0 Å². The molecule has 1 saturated carbocycles. The number of amides is 1. The number of hydrogen-bond acceptors (Lipinski definition) is 4. The van der Waals surface area contributed by atoms with E-state index in [-0.39, 0.29) is 12.4 Å². The first-order chi connectivity index (χ1) is 8.26. The number of ketones is 1. The van der Waals surface area contributed by atoms with Crippen molar-refractivity contribution >= 4 is 11.9 Å². The molecule has 0 unspecified atom stereocenters. The summed E-state index contributed by atoms with van der Waals surface area (Å²) in [5, 5.41) is 2.84. The molecular weight excluding hydrogens is 234 g/mol. The summed E-state index contributed by atoms with van der Waals surface area (Å²) >= 11 is 0. The first-order valence-electron chi connectivity index (χ1n) is 6.28. The lowest BCUT2D eigenvalue weighted by Gasteiger charge is -2.42. The lowest BCUT2D eigenvalue weighted by atomic mass is 9.73. The van der Waals surface area contributed by atoms with Gasteiger partial charge in [-0.05, 0) is 40.0 Å². The Morgan fingerprint density at radius 3 is 2.28 bits per heavy atom. The number of carbonyl (C=O) groups excluding carboxylic acids is 2. The van der Waals surface area contributed by atoms with Crippen molar-refractivity contribution in [2.45, 2.75) is 57.6 Å². The number of methoxy groups -OCH3 is 1. The molecule has 0 spiro atoms. The van der Waals surface area contributed by atoms with Gasteiger partial charge in [-0.3, -0.25) is 4.79 Å². The SMILES string of the molecule is COCC(=O)CC1(NC(=O)OC(C)(C)C)CCC1. The molecule has 1 amide bonds. The molecule has 0 saturated heterocycles. The fourth-order valence-electron chi connectivity index (χ4n) is 2.06. The van der Waals surface area contributed by atoms with E-state index in [2.05, 4.69) is 5.32 Å². The average molecular weight is 257 g/mol. The smallest absolute Gasteiger partial charge is 0.408 e. The van der Waals surface area contributed by atoms with Gasteiger partial charge in [-0.2, -0.15) is 0 Å². The van der Waals surface area contributed by atoms with Crippen LogP contribution in [-0.4, -0.2) is 36.7 Å². The molecular formula is C13H23NO4. The second-order valence-electron chi connectivity index (χ2n) is 5.91. The molecule has 1 aliphatic rings. The first kappa shape index (κ1) is 15.0. The molecule has 1 aliphatic carbocycles. The zero-order chi connectivity index (χ0) is 13.8. The van der Waals surface area contributed by atoms with E-state index >= 15 is 0 Å². The van der Waals surface area contributed by atoms with Gasteiger partial charge in [0.15, 0.2) is 5.78 Å². The Labute approximate surface area is 108 Å². The van der Waals surface area contributed by atoms with Crippen LogP contribution in [0.5, 0.6) is 0 Å². The normalized spacial score (nSPS) is 17.8. The van der Waals surface area contributed by atoms with Crippen LogP contribution >= 0.6 is 0 Å². The van der Waals surface area contributed by atoms with Crippen LogP contribution in [0.3, 0.4) is 0 Å². The third kappa shape index (κ3) is 4.64. The van der Waals surface area contributed by atoms with Crippen LogP contribution < -0.4 is 5.32 Å². The van der Waals surface area contributed by atoms with E-state index in [0.717, 1.165) is 19.3 Å². The second kappa shape index (κ2) is 5.69. The number of carbonyl (C=O) groups is 2. The Balaban J connectivity index is 2.50. The molecule has 18 heavy (non-hydrogen) atoms. The van der Waals surface area contributed by atoms with E-state index in [1.165, 1.54) is 7.11 Å². The standard InChI is InChI=1S/C13H23NO4/c1-12(2,3)18-11(16)14-13(6-5-7-13)8-10(15)9-17-4/h5-9H2,1-4H3,(H,14,16). The number of nitrogens with one attached hydrogen (secondary N) is 1. The molecule has 0 aliphatic heterocycles. The molecule has 0 heterocycles. The quantitative estimate of drug-likeness (QED) is 0.818. The maximum Gasteiger partial charge on any atom is 0.408 e. The zero-order valence-electron chi connectivity index (χ0n) is 11.7. The van der Waals surface area contributed by atoms with Gasteiger partial charge < -0.3 is 14.8 Å². The Kier molecular flexibility index (Phi) is 4.73. The highest BCUT2D eigenvalue weighted by atomic mass is 16.6. The van der Waals surface area contributed by atoms with Crippen molar-refractivity contribution in [2.75, 3.05) is 13.7 Å². The average Bonchev–Trinajstić information content (AvgIpc) is 2.11. The largest absolute Gasteiger partial charge is 0.444 e. The monoisotopic (exact) mass is 257 g/mol. The molecule has 5 nitrogen and oxygen atoms in total. The van der Waals surface area contributed by atoms with Crippen LogP contribution in [0.2, 0.25) is 0 Å². The third-order valence-electron chi connectivity index (χ3n) is 2.92. The molecule has 0 aromatic carbocycles. The minimum Gasteiger partial charge on any atom is -0.444 e. The van der Waals surface area contributed by atoms with Crippen LogP contribution in [-0.2, 0) is 14.3 Å². The van der Waals surface area contributed by atoms with Crippen LogP contribution in [0.15, 0.2) is 0 Å². The lowest BCUT2D eigenvalue weighted by Crippen LogP contribution is -2.55. The zero-order valence-corrected chi connectivity index (χ0v) is 11.7. The van der Waals surface area contributed by atoms with Gasteiger partial charge in [-0.15, -0.1) is 0 Å². The van der Waals surface area contributed by atoms with E-state index < -0.39 is 17.2 Å². The minimum absolute atomic E-state index is 0.00765. The summed E-state index contributed by atoms with van der Waals surface area (Å²) in [6.45, 7) is 5.54. The Bertz CT molecular complexity index is 315. The highest BCUT2D eigenvalue weighted by Gasteiger charge is 2.41. The summed E-state index contributed by atoms with van der Waals surface area (Å²) < 4.78 is 10.0. The van der Waals surface area contributed by atoms with Gasteiger partial charge in [0.1, 0.15) is 12.2 Å². The van der Waals surface area contributed by atoms with Gasteiger partial charge in [0.2, 0.25) is 0 Å². The second-order valence-corrected chi connectivity index (χ2v) is 5.91. The molecule has 5 heteroatoms. The van der Waals surface area contributed by atoms with E-state index in [0.29, 0.717) is 6.42 Å². The number of hydrogen-bond donors (Lipinski definition) is 1. The molecule has 0 aromatic heterocycles. The summed E-state index contributed by atoms with van der Waals surface area (Å²) in [5.41, 5.74) is -0.941. The molecule has 104 valence electrons. The van der Waals surface area contributed by atoms with Gasteiger partial charge in [-0.25, -0.2) is 4.79 Å². The number of alkyl carbamates (subject to hydrolysis) is 1. The van der Waals surface area contributed by atoms with Crippen molar-refractivity contribution in [2.24, 2.45) is 0 Å². The van der Waals surface area contributed by atoms with Gasteiger partial charge in [0.25, 0.3) is 0 Å². The van der Waals surface area contributed by atoms with Crippen molar-refractivity contribution < 1.29 is 19.1 Å². The number of ether oxygens (including phenoxy) is 2. The van der Waals surface area contributed by atoms with E-state index in [9.17, 15) is 9.59 Å². The molecule has 1 fully saturated rings. The summed E-state index contributed by atoms with van der Waals surface area (Å²) in [7, 11) is 1.49. The lowest BCUT2D eigenvalue weighted by molar-refractivity contribution is -0.124. The summed E-state index contributed by atoms with van der Waals surface area (Å²) in [4.78, 5) is 23.3. The van der Waals surface area contributed by atoms with E-state index in [1.54, 1.807) is 0 Å². The van der Waals surface area contributed by atoms with Crippen LogP contribution in [0.25, 0.3) is 0 Å². The van der Waals surface area contributed by atoms with Crippen LogP contribution in [0, 0.1) is 0 Å². The predicted molar refractivity (Wildman–Crippen MR) is 67.5 cm³/mol. The van der Waals surface area contributed by atoms with Gasteiger partial charge in [0.05, 0.1) is 5.54 Å². The Morgan fingerprint density at radius 2 is 1.89 bits per heavy atom. The minimum atomic E-state index is -0.522. The molecule has 1 rings (SSSR count). The highest BCUT2D eigenvalue weighted by Crippen LogP contribution is 2.35. The summed E-state index contributed by atoms with van der Waals surface area (Å²) in [5.74, 6) is 0.00765. The fourth-order valence-corrected chi connectivity index (χ4v) is 2.06. The summed E-state index contributed by atoms with van der Waals surface area (Å²) in [6.07, 6.45) is 2.53. The molecule has 0 aromatic rings. The van der Waals surface area contributed by atoms with Gasteiger partial charge >= 0.3 is 6.09 Å². The number of rotatable bonds is 5. The van der Waals surface area contributed by atoms with Gasteiger partial charge in [-0.1, -0.05) is 0 Å².